The molecule has 3 aliphatic rings. The molecule has 0 atom stereocenters. The first-order valence-corrected chi connectivity index (χ1v) is 48.0. The first-order valence-electron chi connectivity index (χ1n) is 48.0. The Morgan fingerprint density at radius 3 is 0.888 bits per heavy atom. The molecule has 31 rings (SSSR count). The molecule has 28 aromatic rings. The highest BCUT2D eigenvalue weighted by atomic mass is 15.2. The predicted molar refractivity (Wildman–Crippen MR) is 580 cm³/mol. The Bertz CT molecular complexity index is 9980. The largest absolute Gasteiger partial charge is 0.307 e. The Balaban J connectivity index is 0.000000103. The van der Waals surface area contributed by atoms with Crippen LogP contribution in [-0.2, 0) is 0 Å². The van der Waals surface area contributed by atoms with Crippen molar-refractivity contribution in [3.05, 3.63) is 455 Å². The van der Waals surface area contributed by atoms with Crippen LogP contribution in [0.5, 0.6) is 0 Å². The molecule has 0 unspecified atom stereocenters. The van der Waals surface area contributed by atoms with Gasteiger partial charge in [-0.25, -0.2) is 34.9 Å². The van der Waals surface area contributed by atoms with E-state index < -0.39 is 0 Å². The smallest absolute Gasteiger partial charge is 0.238 e. The Kier molecular flexibility index (Phi) is 18.3. The number of benzene rings is 19. The number of pyridine rings is 3. The molecule has 0 saturated heterocycles. The maximum atomic E-state index is 5.09. The molecule has 19 aromatic carbocycles. The van der Waals surface area contributed by atoms with Crippen molar-refractivity contribution in [3.63, 3.8) is 0 Å². The van der Waals surface area contributed by atoms with Crippen LogP contribution in [-0.4, -0.2) is 73.5 Å². The van der Waals surface area contributed by atoms with E-state index in [-0.39, 0.29) is 0 Å². The maximum Gasteiger partial charge on any atom is 0.238 e. The summed E-state index contributed by atoms with van der Waals surface area (Å²) >= 11 is 0. The van der Waals surface area contributed by atoms with Gasteiger partial charge in [0.15, 0.2) is 46.6 Å². The summed E-state index contributed by atoms with van der Waals surface area (Å²) in [7, 11) is 0. The molecular formula is C128H75N15. The summed E-state index contributed by atoms with van der Waals surface area (Å²) in [6.45, 7) is 0. The van der Waals surface area contributed by atoms with Gasteiger partial charge < -0.3 is 9.13 Å². The van der Waals surface area contributed by atoms with Crippen LogP contribution < -0.4 is 0 Å². The van der Waals surface area contributed by atoms with Gasteiger partial charge in [-0.05, 0) is 173 Å². The predicted octanol–water partition coefficient (Wildman–Crippen LogP) is 31.1. The van der Waals surface area contributed by atoms with Crippen molar-refractivity contribution in [3.8, 4) is 175 Å². The highest BCUT2D eigenvalue weighted by Gasteiger charge is 2.33. The zero-order chi connectivity index (χ0) is 93.8. The number of hydrogen-bond acceptors (Lipinski definition) is 12. The lowest BCUT2D eigenvalue weighted by Gasteiger charge is -2.15. The van der Waals surface area contributed by atoms with E-state index in [0.29, 0.717) is 52.5 Å². The minimum atomic E-state index is 0.591. The van der Waals surface area contributed by atoms with Crippen molar-refractivity contribution in [2.75, 3.05) is 0 Å². The molecule has 0 fully saturated rings. The van der Waals surface area contributed by atoms with Gasteiger partial charge in [-0.1, -0.05) is 346 Å². The van der Waals surface area contributed by atoms with Gasteiger partial charge in [0.25, 0.3) is 0 Å². The SMILES string of the molecule is c1ccc(-c2nc(-c3ccccc3)nc(-c3ccc(-n4c5ccc6cccc7c6c5c5c(cc6cccnc6c54)-c4ccccc4-7)cc3)n2)cc1.c1ccc(-c2nc(-c3ccccc3)nc(-c3cccc(-n4c5ccc6cccc7c6c5c5c(cc6cccnc6c54)-c4ccccc4-7)c3)n2)cc1.c1ccc(-c2nc(-c3ccccc3)nc(-n3c4cccc5c4c4c6c(cccc6ccc43)-c3cccnc3-5)n2)cc1. The molecule has 143 heavy (non-hydrogen) atoms. The van der Waals surface area contributed by atoms with Gasteiger partial charge in [-0.3, -0.25) is 19.5 Å². The molecular weight excluding hydrogens is 1750 g/mol. The molecule has 0 aliphatic heterocycles. The topological polar surface area (TPSA) is 169 Å². The molecule has 0 radical (unpaired) electrons. The van der Waals surface area contributed by atoms with Crippen LogP contribution in [0.15, 0.2) is 455 Å². The lowest BCUT2D eigenvalue weighted by Crippen LogP contribution is -2.06. The average molecular weight is 1820 g/mol. The zero-order valence-corrected chi connectivity index (χ0v) is 76.5. The second kappa shape index (κ2) is 32.5. The van der Waals surface area contributed by atoms with Gasteiger partial charge >= 0.3 is 0 Å². The highest BCUT2D eigenvalue weighted by Crippen LogP contribution is 2.56. The lowest BCUT2D eigenvalue weighted by molar-refractivity contribution is 0.953. The molecule has 15 nitrogen and oxygen atoms in total. The van der Waals surface area contributed by atoms with Gasteiger partial charge in [0.2, 0.25) is 5.95 Å². The molecule has 662 valence electrons. The summed E-state index contributed by atoms with van der Waals surface area (Å²) < 4.78 is 6.99. The third-order valence-corrected chi connectivity index (χ3v) is 28.4. The second-order valence-electron chi connectivity index (χ2n) is 36.4. The number of fused-ring (bicyclic) bond motifs is 13. The van der Waals surface area contributed by atoms with Crippen LogP contribution in [0.25, 0.3) is 295 Å². The van der Waals surface area contributed by atoms with Crippen LogP contribution in [0.2, 0.25) is 0 Å². The fraction of sp³-hybridized carbons (Fsp3) is 0. The van der Waals surface area contributed by atoms with Crippen molar-refractivity contribution < 1.29 is 0 Å². The van der Waals surface area contributed by atoms with Gasteiger partial charge in [-0.15, -0.1) is 0 Å². The Morgan fingerprint density at radius 2 is 0.455 bits per heavy atom. The summed E-state index contributed by atoms with van der Waals surface area (Å²) in [4.78, 5) is 59.9. The first kappa shape index (κ1) is 80.6. The van der Waals surface area contributed by atoms with Crippen molar-refractivity contribution in [1.29, 1.82) is 0 Å². The van der Waals surface area contributed by atoms with Crippen LogP contribution in [0.4, 0.5) is 0 Å². The van der Waals surface area contributed by atoms with E-state index in [9.17, 15) is 0 Å². The monoisotopic (exact) mass is 1820 g/mol. The molecule has 9 aromatic heterocycles. The Hall–Kier alpha value is -19.6. The third-order valence-electron chi connectivity index (χ3n) is 28.4. The summed E-state index contributed by atoms with van der Waals surface area (Å²) in [6, 6.07) is 152. The summed E-state index contributed by atoms with van der Waals surface area (Å²) in [5.41, 5.74) is 32.5. The Morgan fingerprint density at radius 1 is 0.154 bits per heavy atom. The van der Waals surface area contributed by atoms with E-state index in [1.54, 1.807) is 0 Å². The molecule has 3 aliphatic carbocycles. The molecule has 15 heteroatoms. The van der Waals surface area contributed by atoms with Gasteiger partial charge in [0, 0.05) is 129 Å². The molecule has 0 N–H and O–H groups in total. The zero-order valence-electron chi connectivity index (χ0n) is 76.5. The van der Waals surface area contributed by atoms with Crippen molar-refractivity contribution in [2.45, 2.75) is 0 Å². The fourth-order valence-electron chi connectivity index (χ4n) is 22.2. The standard InChI is InChI=1S/2C46H27N5.C36H21N5/c1-3-12-29(13-4-1)44-48-45(30-14-5-2-6-15-30)50-46(49-44)32-17-9-19-33(26-32)51-38-24-23-28-16-10-22-36-34-20-7-8-21-35(34)37-27-31-18-11-25-47-42(31)43(51)40(37)41(38)39(28)36;1-3-11-29(12-4-1)44-48-45(30-13-5-2-6-14-30)50-46(49-44)31-20-23-33(24-21-31)51-38-25-22-28-15-9-19-36-34-17-7-8-18-35(34)37-27-32-16-10-26-47-42(32)43(51)40(37)41(38)39(28)36;1-3-10-23(11-4-1)34-38-35(24-12-5-2-6-13-24)40-36(39-34)41-28-18-8-16-27-31(28)32-29(41)20-19-22-14-7-15-25(30(22)32)26-17-9-21-37-33(26)27/h2*1-27H;1-21H. The minimum Gasteiger partial charge on any atom is -0.307 e. The minimum absolute atomic E-state index is 0.591. The number of aromatic nitrogens is 15. The summed E-state index contributed by atoms with van der Waals surface area (Å²) in [6.07, 6.45) is 5.68. The van der Waals surface area contributed by atoms with Gasteiger partial charge in [-0.2, -0.15) is 9.97 Å². The van der Waals surface area contributed by atoms with Crippen molar-refractivity contribution in [2.24, 2.45) is 0 Å². The molecule has 0 bridgehead atoms. The Labute approximate surface area is 818 Å². The van der Waals surface area contributed by atoms with Crippen molar-refractivity contribution in [1.82, 2.24) is 73.5 Å². The highest BCUT2D eigenvalue weighted by molar-refractivity contribution is 6.36. The molecule has 0 amide bonds. The molecule has 0 saturated carbocycles. The van der Waals surface area contributed by atoms with E-state index >= 15 is 0 Å². The summed E-state index contributed by atoms with van der Waals surface area (Å²) in [5.74, 6) is 5.70. The summed E-state index contributed by atoms with van der Waals surface area (Å²) in [5, 5.41) is 17.0. The van der Waals surface area contributed by atoms with Crippen LogP contribution in [0.1, 0.15) is 0 Å². The van der Waals surface area contributed by atoms with Crippen LogP contribution in [0, 0.1) is 0 Å². The normalized spacial score (nSPS) is 11.9. The van der Waals surface area contributed by atoms with E-state index in [2.05, 4.69) is 250 Å². The number of rotatable bonds is 11. The average Bonchev–Trinajstić information content (AvgIpc) is 1.54. The number of hydrogen-bond donors (Lipinski definition) is 0. The van der Waals surface area contributed by atoms with Crippen molar-refractivity contribution >= 4 is 120 Å². The number of nitrogens with zero attached hydrogens (tertiary/aromatic N) is 15. The van der Waals surface area contributed by atoms with Crippen LogP contribution >= 0.6 is 0 Å². The van der Waals surface area contributed by atoms with Gasteiger partial charge in [0.1, 0.15) is 0 Å². The van der Waals surface area contributed by atoms with E-state index in [4.69, 9.17) is 59.8 Å². The van der Waals surface area contributed by atoms with E-state index in [1.807, 2.05) is 219 Å². The third kappa shape index (κ3) is 12.9. The first-order chi connectivity index (χ1) is 70.9. The van der Waals surface area contributed by atoms with Crippen LogP contribution in [0.3, 0.4) is 0 Å². The second-order valence-corrected chi connectivity index (χ2v) is 36.4. The molecule has 0 spiro atoms. The van der Waals surface area contributed by atoms with E-state index in [1.165, 1.54) is 115 Å². The van der Waals surface area contributed by atoms with E-state index in [0.717, 1.165) is 128 Å². The quantitative estimate of drug-likeness (QED) is 0.120. The van der Waals surface area contributed by atoms with Gasteiger partial charge in [0.05, 0.1) is 49.8 Å². The fourth-order valence-corrected chi connectivity index (χ4v) is 22.2. The molecule has 9 heterocycles. The lowest BCUT2D eigenvalue weighted by atomic mass is 9.93. The maximum absolute atomic E-state index is 5.09.